The van der Waals surface area contributed by atoms with E-state index in [9.17, 15) is 4.79 Å². The molecule has 0 bridgehead atoms. The number of hydrogen-bond acceptors (Lipinski definition) is 3. The third kappa shape index (κ3) is 2.14. The molecule has 1 fully saturated rings. The van der Waals surface area contributed by atoms with Crippen LogP contribution in [0.4, 0.5) is 0 Å². The third-order valence-corrected chi connectivity index (χ3v) is 2.78. The molecule has 3 nitrogen and oxygen atoms in total. The van der Waals surface area contributed by atoms with E-state index in [1.165, 1.54) is 0 Å². The van der Waals surface area contributed by atoms with Crippen molar-refractivity contribution >= 4 is 17.7 Å². The lowest BCUT2D eigenvalue weighted by Crippen LogP contribution is -2.44. The van der Waals surface area contributed by atoms with E-state index in [-0.39, 0.29) is 5.91 Å². The Kier molecular flexibility index (Phi) is 3.01. The van der Waals surface area contributed by atoms with Crippen LogP contribution in [0.2, 0.25) is 0 Å². The summed E-state index contributed by atoms with van der Waals surface area (Å²) in [6.07, 6.45) is 3.75. The summed E-state index contributed by atoms with van der Waals surface area (Å²) in [5, 5.41) is 0. The molecule has 70 valence electrons. The van der Waals surface area contributed by atoms with Gasteiger partial charge in [-0.3, -0.25) is 4.79 Å². The fraction of sp³-hybridized carbons (Fsp3) is 0.875. The molecule has 0 heterocycles. The van der Waals surface area contributed by atoms with Gasteiger partial charge in [0.15, 0.2) is 0 Å². The van der Waals surface area contributed by atoms with Crippen molar-refractivity contribution in [2.24, 2.45) is 5.73 Å². The molecule has 12 heavy (non-hydrogen) atoms. The minimum absolute atomic E-state index is 0.108. The van der Waals surface area contributed by atoms with Crippen molar-refractivity contribution in [2.75, 3.05) is 25.6 Å². The molecule has 0 radical (unpaired) electrons. The van der Waals surface area contributed by atoms with Gasteiger partial charge >= 0.3 is 0 Å². The van der Waals surface area contributed by atoms with Gasteiger partial charge in [0, 0.05) is 19.3 Å². The van der Waals surface area contributed by atoms with Gasteiger partial charge in [-0.05, 0) is 19.1 Å². The Bertz CT molecular complexity index is 180. The second kappa shape index (κ2) is 3.66. The molecule has 4 heteroatoms. The summed E-state index contributed by atoms with van der Waals surface area (Å²) in [5.41, 5.74) is 5.27. The van der Waals surface area contributed by atoms with Crippen LogP contribution in [0, 0.1) is 0 Å². The number of hydrogen-bond donors (Lipinski definition) is 1. The summed E-state index contributed by atoms with van der Waals surface area (Å²) in [5.74, 6) is 1.09. The summed E-state index contributed by atoms with van der Waals surface area (Å²) in [6.45, 7) is 0.805. The monoisotopic (exact) mass is 188 g/mol. The molecule has 1 rings (SSSR count). The van der Waals surface area contributed by atoms with E-state index in [4.69, 9.17) is 5.73 Å². The van der Waals surface area contributed by atoms with Crippen molar-refractivity contribution in [3.05, 3.63) is 0 Å². The van der Waals surface area contributed by atoms with Crippen LogP contribution in [-0.2, 0) is 4.79 Å². The van der Waals surface area contributed by atoms with E-state index in [0.29, 0.717) is 0 Å². The number of likely N-dealkylation sites (N-methyl/N-ethyl adjacent to an activating group) is 1. The summed E-state index contributed by atoms with van der Waals surface area (Å²) < 4.78 is 0. The van der Waals surface area contributed by atoms with Gasteiger partial charge in [-0.25, -0.2) is 0 Å². The number of thioether (sulfide) groups is 1. The second-order valence-corrected chi connectivity index (χ2v) is 4.36. The van der Waals surface area contributed by atoms with Gasteiger partial charge in [-0.2, -0.15) is 11.8 Å². The van der Waals surface area contributed by atoms with Gasteiger partial charge in [0.25, 0.3) is 0 Å². The summed E-state index contributed by atoms with van der Waals surface area (Å²) in [4.78, 5) is 13.3. The van der Waals surface area contributed by atoms with Crippen LogP contribution in [0.3, 0.4) is 0 Å². The molecular formula is C8H16N2OS. The van der Waals surface area contributed by atoms with E-state index in [2.05, 4.69) is 0 Å². The molecular weight excluding hydrogens is 172 g/mol. The Balaban J connectivity index is 2.31. The van der Waals surface area contributed by atoms with E-state index >= 15 is 0 Å². The largest absolute Gasteiger partial charge is 0.343 e. The van der Waals surface area contributed by atoms with Gasteiger partial charge in [0.1, 0.15) is 0 Å². The first kappa shape index (κ1) is 9.86. The van der Waals surface area contributed by atoms with Crippen molar-refractivity contribution in [1.29, 1.82) is 0 Å². The van der Waals surface area contributed by atoms with E-state index < -0.39 is 5.54 Å². The number of carbonyl (C=O) groups excluding carboxylic acids is 1. The molecule has 0 aromatic rings. The first-order valence-corrected chi connectivity index (χ1v) is 5.53. The van der Waals surface area contributed by atoms with Crippen LogP contribution in [0.5, 0.6) is 0 Å². The molecule has 0 unspecified atom stereocenters. The van der Waals surface area contributed by atoms with E-state index in [1.807, 2.05) is 13.3 Å². The highest BCUT2D eigenvalue weighted by molar-refractivity contribution is 7.98. The Labute approximate surface area is 77.7 Å². The lowest BCUT2D eigenvalue weighted by Gasteiger charge is -2.20. The zero-order valence-corrected chi connectivity index (χ0v) is 8.49. The van der Waals surface area contributed by atoms with Crippen molar-refractivity contribution in [1.82, 2.24) is 4.90 Å². The maximum Gasteiger partial charge on any atom is 0.242 e. The van der Waals surface area contributed by atoms with Crippen LogP contribution >= 0.6 is 11.8 Å². The van der Waals surface area contributed by atoms with Crippen molar-refractivity contribution in [3.63, 3.8) is 0 Å². The summed E-state index contributed by atoms with van der Waals surface area (Å²) >= 11 is 1.74. The number of amides is 1. The Hall–Kier alpha value is -0.220. The smallest absolute Gasteiger partial charge is 0.242 e. The molecule has 0 spiro atoms. The van der Waals surface area contributed by atoms with Crippen LogP contribution in [0.15, 0.2) is 0 Å². The van der Waals surface area contributed by atoms with Crippen LogP contribution in [-0.4, -0.2) is 41.9 Å². The standard InChI is InChI=1S/C8H16N2OS/c1-10(5-6-12-2)7(11)8(9)3-4-8/h3-6,9H2,1-2H3. The highest BCUT2D eigenvalue weighted by Crippen LogP contribution is 2.33. The lowest BCUT2D eigenvalue weighted by molar-refractivity contribution is -0.132. The molecule has 0 atom stereocenters. The number of nitrogens with two attached hydrogens (primary N) is 1. The normalized spacial score (nSPS) is 18.9. The molecule has 0 saturated heterocycles. The molecule has 1 amide bonds. The third-order valence-electron chi connectivity index (χ3n) is 2.19. The fourth-order valence-corrected chi connectivity index (χ4v) is 1.51. The Morgan fingerprint density at radius 3 is 2.67 bits per heavy atom. The van der Waals surface area contributed by atoms with E-state index in [0.717, 1.165) is 25.1 Å². The first-order valence-electron chi connectivity index (χ1n) is 4.13. The van der Waals surface area contributed by atoms with E-state index in [1.54, 1.807) is 16.7 Å². The maximum absolute atomic E-state index is 11.5. The highest BCUT2D eigenvalue weighted by atomic mass is 32.2. The van der Waals surface area contributed by atoms with Crippen molar-refractivity contribution < 1.29 is 4.79 Å². The van der Waals surface area contributed by atoms with Gasteiger partial charge < -0.3 is 10.6 Å². The maximum atomic E-state index is 11.5. The van der Waals surface area contributed by atoms with Crippen molar-refractivity contribution in [3.8, 4) is 0 Å². The second-order valence-electron chi connectivity index (χ2n) is 3.38. The minimum atomic E-state index is -0.493. The fourth-order valence-electron chi connectivity index (χ4n) is 1.06. The average Bonchev–Trinajstić information content (AvgIpc) is 2.79. The molecule has 1 aliphatic rings. The summed E-state index contributed by atoms with van der Waals surface area (Å²) in [7, 11) is 1.82. The minimum Gasteiger partial charge on any atom is -0.343 e. The van der Waals surface area contributed by atoms with Gasteiger partial charge in [0.05, 0.1) is 5.54 Å². The van der Waals surface area contributed by atoms with Crippen molar-refractivity contribution in [2.45, 2.75) is 18.4 Å². The first-order chi connectivity index (χ1) is 5.60. The van der Waals surface area contributed by atoms with Gasteiger partial charge in [-0.1, -0.05) is 0 Å². The lowest BCUT2D eigenvalue weighted by atomic mass is 10.2. The highest BCUT2D eigenvalue weighted by Gasteiger charge is 2.47. The molecule has 1 saturated carbocycles. The predicted octanol–water partition coefficient (Wildman–Crippen LogP) is 0.299. The van der Waals surface area contributed by atoms with Gasteiger partial charge in [-0.15, -0.1) is 0 Å². The Morgan fingerprint density at radius 1 is 1.67 bits per heavy atom. The Morgan fingerprint density at radius 2 is 2.25 bits per heavy atom. The van der Waals surface area contributed by atoms with Crippen LogP contribution < -0.4 is 5.73 Å². The zero-order chi connectivity index (χ0) is 9.19. The molecule has 0 aromatic carbocycles. The number of carbonyl (C=O) groups is 1. The average molecular weight is 188 g/mol. The molecule has 1 aliphatic carbocycles. The van der Waals surface area contributed by atoms with Gasteiger partial charge in [0.2, 0.25) is 5.91 Å². The quantitative estimate of drug-likeness (QED) is 0.690. The van der Waals surface area contributed by atoms with Crippen LogP contribution in [0.25, 0.3) is 0 Å². The number of nitrogens with zero attached hydrogens (tertiary/aromatic N) is 1. The molecule has 0 aliphatic heterocycles. The SMILES string of the molecule is CSCCN(C)C(=O)C1(N)CC1. The number of rotatable bonds is 4. The molecule has 2 N–H and O–H groups in total. The summed E-state index contributed by atoms with van der Waals surface area (Å²) in [6, 6.07) is 0. The predicted molar refractivity (Wildman–Crippen MR) is 52.2 cm³/mol. The molecule has 0 aromatic heterocycles. The zero-order valence-electron chi connectivity index (χ0n) is 7.67. The topological polar surface area (TPSA) is 46.3 Å². The van der Waals surface area contributed by atoms with Crippen LogP contribution in [0.1, 0.15) is 12.8 Å².